The van der Waals surface area contributed by atoms with E-state index in [9.17, 15) is 9.59 Å². The number of nitrogens with zero attached hydrogens (tertiary/aromatic N) is 1. The van der Waals surface area contributed by atoms with Gasteiger partial charge in [0.25, 0.3) is 0 Å². The van der Waals surface area contributed by atoms with Gasteiger partial charge in [-0.2, -0.15) is 0 Å². The zero-order valence-corrected chi connectivity index (χ0v) is 16.1. The number of anilines is 1. The minimum absolute atomic E-state index is 0.0314. The number of fused-ring (bicyclic) bond motifs is 2. The van der Waals surface area contributed by atoms with Crippen LogP contribution >= 0.6 is 0 Å². The van der Waals surface area contributed by atoms with Crippen molar-refractivity contribution in [3.63, 3.8) is 0 Å². The SMILES string of the molecule is C[C@@H]1CC(C)(C)N(C)c2cc3oc(=O)c(C(=O)c4ccccc4)cc3cc21. The molecule has 3 aromatic rings. The zero-order valence-electron chi connectivity index (χ0n) is 16.1. The summed E-state index contributed by atoms with van der Waals surface area (Å²) in [7, 11) is 2.07. The molecular weight excluding hydrogens is 338 g/mol. The van der Waals surface area contributed by atoms with Gasteiger partial charge < -0.3 is 9.32 Å². The summed E-state index contributed by atoms with van der Waals surface area (Å²) in [4.78, 5) is 27.5. The molecule has 1 aliphatic rings. The van der Waals surface area contributed by atoms with Gasteiger partial charge in [-0.3, -0.25) is 4.79 Å². The third kappa shape index (κ3) is 2.85. The molecule has 0 N–H and O–H groups in total. The Morgan fingerprint density at radius 2 is 1.85 bits per heavy atom. The van der Waals surface area contributed by atoms with Gasteiger partial charge in [-0.1, -0.05) is 37.3 Å². The molecule has 0 bridgehead atoms. The monoisotopic (exact) mass is 361 g/mol. The van der Waals surface area contributed by atoms with Gasteiger partial charge in [0.1, 0.15) is 11.1 Å². The van der Waals surface area contributed by atoms with Crippen molar-refractivity contribution in [2.24, 2.45) is 0 Å². The van der Waals surface area contributed by atoms with Gasteiger partial charge in [-0.15, -0.1) is 0 Å². The fourth-order valence-electron chi connectivity index (χ4n) is 4.08. The molecule has 138 valence electrons. The molecule has 2 aromatic carbocycles. The first-order valence-corrected chi connectivity index (χ1v) is 9.23. The Bertz CT molecular complexity index is 1100. The highest BCUT2D eigenvalue weighted by molar-refractivity contribution is 6.09. The van der Waals surface area contributed by atoms with Crippen molar-refractivity contribution < 1.29 is 9.21 Å². The van der Waals surface area contributed by atoms with E-state index in [2.05, 4.69) is 38.8 Å². The Morgan fingerprint density at radius 1 is 1.15 bits per heavy atom. The lowest BCUT2D eigenvalue weighted by atomic mass is 9.80. The molecule has 1 aromatic heterocycles. The number of hydrogen-bond donors (Lipinski definition) is 0. The van der Waals surface area contributed by atoms with Gasteiger partial charge in [-0.05, 0) is 43.9 Å². The molecule has 4 nitrogen and oxygen atoms in total. The molecular formula is C23H23NO3. The molecule has 4 heteroatoms. The fraction of sp³-hybridized carbons (Fsp3) is 0.304. The molecule has 0 amide bonds. The van der Waals surface area contributed by atoms with Crippen molar-refractivity contribution in [2.75, 3.05) is 11.9 Å². The minimum Gasteiger partial charge on any atom is -0.422 e. The highest BCUT2D eigenvalue weighted by Gasteiger charge is 2.34. The zero-order chi connectivity index (χ0) is 19.3. The van der Waals surface area contributed by atoms with Crippen molar-refractivity contribution >= 4 is 22.4 Å². The summed E-state index contributed by atoms with van der Waals surface area (Å²) in [6.07, 6.45) is 1.04. The third-order valence-electron chi connectivity index (χ3n) is 5.77. The summed E-state index contributed by atoms with van der Waals surface area (Å²) in [6, 6.07) is 14.5. The topological polar surface area (TPSA) is 50.5 Å². The van der Waals surface area contributed by atoms with Crippen LogP contribution in [0.5, 0.6) is 0 Å². The molecule has 27 heavy (non-hydrogen) atoms. The van der Waals surface area contributed by atoms with Crippen LogP contribution in [0.4, 0.5) is 5.69 Å². The van der Waals surface area contributed by atoms with Crippen molar-refractivity contribution in [2.45, 2.75) is 38.6 Å². The molecule has 2 heterocycles. The van der Waals surface area contributed by atoms with E-state index < -0.39 is 5.63 Å². The standard InChI is InChI=1S/C23H23NO3/c1-14-13-23(2,3)24(4)19-12-20-16(10-17(14)19)11-18(22(26)27-20)21(25)15-8-6-5-7-9-15/h5-12,14H,13H2,1-4H3/t14-/m1/s1. The van der Waals surface area contributed by atoms with Crippen molar-refractivity contribution in [1.82, 2.24) is 0 Å². The van der Waals surface area contributed by atoms with Crippen LogP contribution in [0, 0.1) is 0 Å². The van der Waals surface area contributed by atoms with E-state index in [0.717, 1.165) is 17.5 Å². The van der Waals surface area contributed by atoms with E-state index in [1.807, 2.05) is 12.1 Å². The van der Waals surface area contributed by atoms with E-state index in [-0.39, 0.29) is 16.9 Å². The van der Waals surface area contributed by atoms with Gasteiger partial charge >= 0.3 is 5.63 Å². The quantitative estimate of drug-likeness (QED) is 0.488. The lowest BCUT2D eigenvalue weighted by molar-refractivity contribution is 0.103. The molecule has 0 unspecified atom stereocenters. The predicted octanol–water partition coefficient (Wildman–Crippen LogP) is 4.75. The smallest absolute Gasteiger partial charge is 0.347 e. The second kappa shape index (κ2) is 6.08. The Hall–Kier alpha value is -2.88. The average Bonchev–Trinajstić information content (AvgIpc) is 2.64. The summed E-state index contributed by atoms with van der Waals surface area (Å²) in [5.74, 6) is 0.0751. The molecule has 0 saturated carbocycles. The normalized spacial score (nSPS) is 18.4. The first-order valence-electron chi connectivity index (χ1n) is 9.23. The van der Waals surface area contributed by atoms with Crippen molar-refractivity contribution in [3.8, 4) is 0 Å². The second-order valence-electron chi connectivity index (χ2n) is 8.07. The number of carbonyl (C=O) groups excluding carboxylic acids is 1. The number of hydrogen-bond acceptors (Lipinski definition) is 4. The van der Waals surface area contributed by atoms with Crippen LogP contribution in [0.3, 0.4) is 0 Å². The van der Waals surface area contributed by atoms with Gasteiger partial charge in [0.05, 0.1) is 0 Å². The summed E-state index contributed by atoms with van der Waals surface area (Å²) < 4.78 is 5.55. The summed E-state index contributed by atoms with van der Waals surface area (Å²) in [6.45, 7) is 6.65. The molecule has 0 aliphatic carbocycles. The van der Waals surface area contributed by atoms with Gasteiger partial charge in [0.15, 0.2) is 5.78 Å². The Labute approximate surface area is 158 Å². The van der Waals surface area contributed by atoms with Crippen LogP contribution in [0.25, 0.3) is 11.0 Å². The van der Waals surface area contributed by atoms with Crippen molar-refractivity contribution in [1.29, 1.82) is 0 Å². The Morgan fingerprint density at radius 3 is 2.56 bits per heavy atom. The Kier molecular flexibility index (Phi) is 3.95. The minimum atomic E-state index is -0.595. The molecule has 1 atom stereocenters. The van der Waals surface area contributed by atoms with Crippen LogP contribution in [0.2, 0.25) is 0 Å². The highest BCUT2D eigenvalue weighted by Crippen LogP contribution is 2.43. The first kappa shape index (κ1) is 17.5. The number of carbonyl (C=O) groups is 1. The fourth-order valence-corrected chi connectivity index (χ4v) is 4.08. The maximum atomic E-state index is 12.7. The van der Waals surface area contributed by atoms with Crippen LogP contribution in [0.15, 0.2) is 57.7 Å². The van der Waals surface area contributed by atoms with E-state index >= 15 is 0 Å². The molecule has 0 saturated heterocycles. The van der Waals surface area contributed by atoms with Crippen LogP contribution in [0.1, 0.15) is 54.6 Å². The number of ketones is 1. The van der Waals surface area contributed by atoms with Crippen molar-refractivity contribution in [3.05, 3.63) is 75.6 Å². The second-order valence-corrected chi connectivity index (χ2v) is 8.07. The molecule has 4 rings (SSSR count). The third-order valence-corrected chi connectivity index (χ3v) is 5.77. The predicted molar refractivity (Wildman–Crippen MR) is 108 cm³/mol. The largest absolute Gasteiger partial charge is 0.422 e. The number of benzene rings is 2. The average molecular weight is 361 g/mol. The first-order chi connectivity index (χ1) is 12.8. The molecule has 0 radical (unpaired) electrons. The van der Waals surface area contributed by atoms with Crippen LogP contribution in [-0.2, 0) is 0 Å². The van der Waals surface area contributed by atoms with E-state index in [0.29, 0.717) is 17.1 Å². The molecule has 1 aliphatic heterocycles. The molecule has 0 spiro atoms. The van der Waals surface area contributed by atoms with E-state index in [1.54, 1.807) is 30.3 Å². The summed E-state index contributed by atoms with van der Waals surface area (Å²) >= 11 is 0. The highest BCUT2D eigenvalue weighted by atomic mass is 16.4. The van der Waals surface area contributed by atoms with Crippen LogP contribution < -0.4 is 10.5 Å². The lowest BCUT2D eigenvalue weighted by Crippen LogP contribution is -2.45. The Balaban J connectivity index is 1.88. The van der Waals surface area contributed by atoms with Gasteiger partial charge in [-0.25, -0.2) is 4.79 Å². The van der Waals surface area contributed by atoms with E-state index in [4.69, 9.17) is 4.42 Å². The van der Waals surface area contributed by atoms with Gasteiger partial charge in [0, 0.05) is 35.3 Å². The van der Waals surface area contributed by atoms with Gasteiger partial charge in [0.2, 0.25) is 0 Å². The maximum Gasteiger partial charge on any atom is 0.347 e. The maximum absolute atomic E-state index is 12.7. The van der Waals surface area contributed by atoms with Crippen LogP contribution in [-0.4, -0.2) is 18.4 Å². The lowest BCUT2D eigenvalue weighted by Gasteiger charge is -2.45. The van der Waals surface area contributed by atoms with E-state index in [1.165, 1.54) is 5.56 Å². The molecule has 0 fully saturated rings. The summed E-state index contributed by atoms with van der Waals surface area (Å²) in [5, 5.41) is 0.785. The number of rotatable bonds is 2. The summed E-state index contributed by atoms with van der Waals surface area (Å²) in [5.41, 5.74) is 2.81.